The fourth-order valence-electron chi connectivity index (χ4n) is 2.59. The first kappa shape index (κ1) is 11.3. The number of oxazole rings is 1. The van der Waals surface area contributed by atoms with Gasteiger partial charge in [0.15, 0.2) is 5.76 Å². The molecule has 1 aliphatic carbocycles. The second-order valence-electron chi connectivity index (χ2n) is 4.83. The van der Waals surface area contributed by atoms with Gasteiger partial charge in [-0.25, -0.2) is 9.37 Å². The van der Waals surface area contributed by atoms with Gasteiger partial charge in [-0.1, -0.05) is 0 Å². The molecule has 0 aliphatic heterocycles. The monoisotopic (exact) mass is 266 g/mol. The summed E-state index contributed by atoms with van der Waals surface area (Å²) in [5.74, 6) is 1.15. The summed E-state index contributed by atoms with van der Waals surface area (Å²) in [6, 6.07) is 8.53. The number of aromatic nitrogens is 2. The molecule has 0 bridgehead atoms. The second-order valence-corrected chi connectivity index (χ2v) is 4.83. The molecule has 2 aromatic heterocycles. The minimum absolute atomic E-state index is 0.207. The third kappa shape index (κ3) is 1.72. The van der Waals surface area contributed by atoms with Crippen molar-refractivity contribution in [3.63, 3.8) is 0 Å². The molecule has 0 N–H and O–H groups in total. The molecule has 0 spiro atoms. The number of pyridine rings is 1. The summed E-state index contributed by atoms with van der Waals surface area (Å²) >= 11 is 0. The molecule has 0 atom stereocenters. The van der Waals surface area contributed by atoms with Crippen molar-refractivity contribution in [3.05, 3.63) is 59.8 Å². The van der Waals surface area contributed by atoms with Crippen molar-refractivity contribution in [2.75, 3.05) is 0 Å². The first-order chi connectivity index (χ1) is 9.81. The van der Waals surface area contributed by atoms with Gasteiger partial charge >= 0.3 is 0 Å². The van der Waals surface area contributed by atoms with Crippen molar-refractivity contribution in [1.82, 2.24) is 9.97 Å². The number of benzene rings is 1. The lowest BCUT2D eigenvalue weighted by molar-refractivity contribution is 0.582. The van der Waals surface area contributed by atoms with E-state index < -0.39 is 0 Å². The Hall–Kier alpha value is -2.49. The number of hydrogen-bond acceptors (Lipinski definition) is 3. The van der Waals surface area contributed by atoms with E-state index in [0.717, 1.165) is 41.0 Å². The van der Waals surface area contributed by atoms with Gasteiger partial charge in [0.25, 0.3) is 0 Å². The van der Waals surface area contributed by atoms with Crippen LogP contribution in [-0.2, 0) is 12.8 Å². The minimum atomic E-state index is -0.207. The number of nitrogens with zero attached hydrogens (tertiary/aromatic N) is 2. The van der Waals surface area contributed by atoms with E-state index in [1.165, 1.54) is 6.07 Å². The minimum Gasteiger partial charge on any atom is -0.436 e. The fourth-order valence-corrected chi connectivity index (χ4v) is 2.59. The maximum atomic E-state index is 13.3. The molecule has 1 aromatic carbocycles. The van der Waals surface area contributed by atoms with Crippen LogP contribution >= 0.6 is 0 Å². The fraction of sp³-hybridized carbons (Fsp3) is 0.125. The third-order valence-corrected chi connectivity index (χ3v) is 3.57. The van der Waals surface area contributed by atoms with Gasteiger partial charge in [-0.05, 0) is 48.7 Å². The van der Waals surface area contributed by atoms with E-state index in [4.69, 9.17) is 4.42 Å². The molecule has 0 amide bonds. The molecule has 2 heterocycles. The number of fused-ring (bicyclic) bond motifs is 3. The molecule has 0 saturated carbocycles. The van der Waals surface area contributed by atoms with Gasteiger partial charge in [0.2, 0.25) is 5.89 Å². The number of halogens is 1. The van der Waals surface area contributed by atoms with Gasteiger partial charge in [0, 0.05) is 23.5 Å². The molecular weight excluding hydrogens is 255 g/mol. The highest BCUT2D eigenvalue weighted by atomic mass is 19.1. The molecule has 0 radical (unpaired) electrons. The average molecular weight is 266 g/mol. The zero-order valence-electron chi connectivity index (χ0n) is 10.6. The number of aryl methyl sites for hydroxylation is 2. The van der Waals surface area contributed by atoms with Crippen LogP contribution in [0.5, 0.6) is 0 Å². The van der Waals surface area contributed by atoms with Crippen LogP contribution in [0, 0.1) is 5.82 Å². The van der Waals surface area contributed by atoms with E-state index >= 15 is 0 Å². The third-order valence-electron chi connectivity index (χ3n) is 3.57. The van der Waals surface area contributed by atoms with Crippen LogP contribution in [-0.4, -0.2) is 9.97 Å². The van der Waals surface area contributed by atoms with E-state index in [9.17, 15) is 4.39 Å². The zero-order valence-corrected chi connectivity index (χ0v) is 10.6. The lowest BCUT2D eigenvalue weighted by Crippen LogP contribution is -2.03. The quantitative estimate of drug-likeness (QED) is 0.675. The van der Waals surface area contributed by atoms with Crippen LogP contribution in [0.3, 0.4) is 0 Å². The van der Waals surface area contributed by atoms with Gasteiger partial charge in [-0.2, -0.15) is 0 Å². The largest absolute Gasteiger partial charge is 0.436 e. The van der Waals surface area contributed by atoms with Crippen LogP contribution in [0.25, 0.3) is 22.8 Å². The van der Waals surface area contributed by atoms with E-state index in [0.29, 0.717) is 5.89 Å². The Labute approximate surface area is 115 Å². The summed E-state index contributed by atoms with van der Waals surface area (Å²) in [5.41, 5.74) is 3.77. The van der Waals surface area contributed by atoms with Crippen LogP contribution in [0.15, 0.2) is 47.1 Å². The molecule has 1 aliphatic rings. The Kier molecular flexibility index (Phi) is 2.42. The molecule has 3 nitrogen and oxygen atoms in total. The SMILES string of the molecule is Fc1ccc2c(c1)CCc1nc(-c3ccncc3)oc1-2. The van der Waals surface area contributed by atoms with Crippen molar-refractivity contribution in [2.45, 2.75) is 12.8 Å². The number of hydrogen-bond donors (Lipinski definition) is 0. The Bertz CT molecular complexity index is 780. The lowest BCUT2D eigenvalue weighted by atomic mass is 9.93. The maximum absolute atomic E-state index is 13.3. The molecule has 4 rings (SSSR count). The van der Waals surface area contributed by atoms with Crippen LogP contribution in [0.1, 0.15) is 11.3 Å². The number of rotatable bonds is 1. The first-order valence-corrected chi connectivity index (χ1v) is 6.50. The summed E-state index contributed by atoms with van der Waals surface area (Å²) in [7, 11) is 0. The Morgan fingerprint density at radius 2 is 1.90 bits per heavy atom. The van der Waals surface area contributed by atoms with Gasteiger partial charge in [0.1, 0.15) is 5.82 Å². The molecule has 0 fully saturated rings. The van der Waals surface area contributed by atoms with E-state index in [1.54, 1.807) is 24.5 Å². The summed E-state index contributed by atoms with van der Waals surface area (Å²) in [4.78, 5) is 8.54. The van der Waals surface area contributed by atoms with Crippen LogP contribution < -0.4 is 0 Å². The van der Waals surface area contributed by atoms with E-state index in [2.05, 4.69) is 9.97 Å². The van der Waals surface area contributed by atoms with Gasteiger partial charge in [0.05, 0.1) is 5.69 Å². The molecule has 0 saturated heterocycles. The molecule has 4 heteroatoms. The second kappa shape index (κ2) is 4.27. The zero-order chi connectivity index (χ0) is 13.5. The average Bonchev–Trinajstić information content (AvgIpc) is 2.92. The predicted molar refractivity (Wildman–Crippen MR) is 72.5 cm³/mol. The summed E-state index contributed by atoms with van der Waals surface area (Å²) < 4.78 is 19.2. The molecule has 3 aromatic rings. The molecule has 0 unspecified atom stereocenters. The van der Waals surface area contributed by atoms with Crippen molar-refractivity contribution in [3.8, 4) is 22.8 Å². The van der Waals surface area contributed by atoms with Gasteiger partial charge in [-0.15, -0.1) is 0 Å². The lowest BCUT2D eigenvalue weighted by Gasteiger charge is -2.13. The highest BCUT2D eigenvalue weighted by Crippen LogP contribution is 2.36. The van der Waals surface area contributed by atoms with Gasteiger partial charge in [-0.3, -0.25) is 4.98 Å². The molecule has 20 heavy (non-hydrogen) atoms. The summed E-state index contributed by atoms with van der Waals surface area (Å²) in [6.45, 7) is 0. The Balaban J connectivity index is 1.86. The van der Waals surface area contributed by atoms with Crippen LogP contribution in [0.4, 0.5) is 4.39 Å². The van der Waals surface area contributed by atoms with Gasteiger partial charge < -0.3 is 4.42 Å². The normalized spacial score (nSPS) is 12.8. The van der Waals surface area contributed by atoms with E-state index in [-0.39, 0.29) is 5.82 Å². The Morgan fingerprint density at radius 1 is 1.05 bits per heavy atom. The molecule has 98 valence electrons. The standard InChI is InChI=1S/C16H11FN2O/c17-12-2-3-13-11(9-12)1-4-14-15(13)20-16(19-14)10-5-7-18-8-6-10/h2-3,5-9H,1,4H2. The van der Waals surface area contributed by atoms with Crippen molar-refractivity contribution >= 4 is 0 Å². The summed E-state index contributed by atoms with van der Waals surface area (Å²) in [6.07, 6.45) is 4.99. The summed E-state index contributed by atoms with van der Waals surface area (Å²) in [5, 5.41) is 0. The highest BCUT2D eigenvalue weighted by Gasteiger charge is 2.23. The highest BCUT2D eigenvalue weighted by molar-refractivity contribution is 5.69. The van der Waals surface area contributed by atoms with E-state index in [1.807, 2.05) is 12.1 Å². The topological polar surface area (TPSA) is 38.9 Å². The predicted octanol–water partition coefficient (Wildman–Crippen LogP) is 3.64. The smallest absolute Gasteiger partial charge is 0.227 e. The van der Waals surface area contributed by atoms with Crippen LogP contribution in [0.2, 0.25) is 0 Å². The maximum Gasteiger partial charge on any atom is 0.227 e. The molecular formula is C16H11FN2O. The van der Waals surface area contributed by atoms with Crippen molar-refractivity contribution < 1.29 is 8.81 Å². The van der Waals surface area contributed by atoms with Crippen molar-refractivity contribution in [1.29, 1.82) is 0 Å². The van der Waals surface area contributed by atoms with Crippen molar-refractivity contribution in [2.24, 2.45) is 0 Å². The first-order valence-electron chi connectivity index (χ1n) is 6.50. The Morgan fingerprint density at radius 3 is 2.75 bits per heavy atom.